The van der Waals surface area contributed by atoms with Crippen molar-refractivity contribution < 1.29 is 0 Å². The first-order valence-corrected chi connectivity index (χ1v) is 6.55. The number of hydrogen-bond donors (Lipinski definition) is 2. The van der Waals surface area contributed by atoms with Crippen LogP contribution in [-0.4, -0.2) is 16.7 Å². The smallest absolute Gasteiger partial charge is 0.0821 e. The van der Waals surface area contributed by atoms with Gasteiger partial charge in [0.15, 0.2) is 0 Å². The molecule has 2 aliphatic rings. The summed E-state index contributed by atoms with van der Waals surface area (Å²) in [5.74, 6) is 6.27. The van der Waals surface area contributed by atoms with E-state index in [-0.39, 0.29) is 5.66 Å². The molecular formula is C12H25N3. The van der Waals surface area contributed by atoms with E-state index in [4.69, 9.17) is 11.6 Å². The molecule has 3 heteroatoms. The molecule has 0 amide bonds. The largest absolute Gasteiger partial charge is 0.312 e. The highest BCUT2D eigenvalue weighted by atomic mass is 15.5. The van der Waals surface area contributed by atoms with E-state index in [0.717, 1.165) is 12.8 Å². The molecule has 2 aliphatic carbocycles. The first-order chi connectivity index (χ1) is 7.22. The normalized spacial score (nSPS) is 28.2. The lowest BCUT2D eigenvalue weighted by Crippen LogP contribution is -2.64. The zero-order chi connectivity index (χ0) is 10.7. The molecule has 3 nitrogen and oxygen atoms in total. The van der Waals surface area contributed by atoms with E-state index >= 15 is 0 Å². The average Bonchev–Trinajstić information content (AvgIpc) is 2.30. The summed E-state index contributed by atoms with van der Waals surface area (Å²) in [7, 11) is 0. The van der Waals surface area contributed by atoms with Crippen LogP contribution in [0.15, 0.2) is 0 Å². The molecule has 2 rings (SSSR count). The Kier molecular flexibility index (Phi) is 3.65. The van der Waals surface area contributed by atoms with Crippen LogP contribution in [0.4, 0.5) is 0 Å². The molecule has 0 unspecified atom stereocenters. The second kappa shape index (κ2) is 4.81. The summed E-state index contributed by atoms with van der Waals surface area (Å²) in [6.45, 7) is 0. The summed E-state index contributed by atoms with van der Waals surface area (Å²) >= 11 is 0. The number of nitrogens with zero attached hydrogens (tertiary/aromatic N) is 1. The molecule has 0 atom stereocenters. The first-order valence-electron chi connectivity index (χ1n) is 6.55. The van der Waals surface area contributed by atoms with Crippen molar-refractivity contribution in [3.63, 3.8) is 0 Å². The van der Waals surface area contributed by atoms with Crippen molar-refractivity contribution in [2.24, 2.45) is 11.6 Å². The van der Waals surface area contributed by atoms with Gasteiger partial charge in [-0.15, -0.1) is 0 Å². The van der Waals surface area contributed by atoms with E-state index in [1.54, 1.807) is 0 Å². The fraction of sp³-hybridized carbons (Fsp3) is 1.00. The summed E-state index contributed by atoms with van der Waals surface area (Å²) < 4.78 is 0. The minimum atomic E-state index is -0.194. The number of rotatable bonds is 2. The highest BCUT2D eigenvalue weighted by Gasteiger charge is 2.36. The maximum atomic E-state index is 6.43. The van der Waals surface area contributed by atoms with E-state index < -0.39 is 0 Å². The molecule has 0 aromatic rings. The van der Waals surface area contributed by atoms with Gasteiger partial charge in [-0.1, -0.05) is 38.5 Å². The molecule has 0 heterocycles. The molecular weight excluding hydrogens is 186 g/mol. The van der Waals surface area contributed by atoms with Gasteiger partial charge in [0.1, 0.15) is 0 Å². The summed E-state index contributed by atoms with van der Waals surface area (Å²) in [5, 5.41) is 2.02. The standard InChI is InChI=1S/C12H25N3/c13-12(9-5-2-6-10-12)15(14)11-7-3-1-4-8-11/h11H,1-10,13-14H2. The summed E-state index contributed by atoms with van der Waals surface area (Å²) in [6.07, 6.45) is 12.5. The zero-order valence-electron chi connectivity index (χ0n) is 9.75. The second-order valence-electron chi connectivity index (χ2n) is 5.36. The Labute approximate surface area is 93.2 Å². The highest BCUT2D eigenvalue weighted by Crippen LogP contribution is 2.32. The lowest BCUT2D eigenvalue weighted by atomic mass is 9.86. The maximum Gasteiger partial charge on any atom is 0.0821 e. The van der Waals surface area contributed by atoms with Crippen LogP contribution < -0.4 is 11.6 Å². The Balaban J connectivity index is 1.94. The fourth-order valence-corrected chi connectivity index (χ4v) is 3.15. The van der Waals surface area contributed by atoms with Crippen molar-refractivity contribution in [1.29, 1.82) is 0 Å². The summed E-state index contributed by atoms with van der Waals surface area (Å²) in [4.78, 5) is 0. The third-order valence-corrected chi connectivity index (χ3v) is 4.20. The van der Waals surface area contributed by atoms with Crippen LogP contribution in [0.2, 0.25) is 0 Å². The summed E-state index contributed by atoms with van der Waals surface area (Å²) in [6, 6.07) is 0.543. The van der Waals surface area contributed by atoms with E-state index in [0.29, 0.717) is 6.04 Å². The molecule has 0 aromatic carbocycles. The maximum absolute atomic E-state index is 6.43. The SMILES string of the molecule is NN(C1CCCCC1)C1(N)CCCCC1. The van der Waals surface area contributed by atoms with Gasteiger partial charge in [-0.05, 0) is 25.7 Å². The fourth-order valence-electron chi connectivity index (χ4n) is 3.15. The van der Waals surface area contributed by atoms with E-state index in [9.17, 15) is 0 Å². The van der Waals surface area contributed by atoms with Gasteiger partial charge >= 0.3 is 0 Å². The van der Waals surface area contributed by atoms with Crippen molar-refractivity contribution in [2.45, 2.75) is 75.9 Å². The molecule has 0 spiro atoms. The van der Waals surface area contributed by atoms with Gasteiger partial charge in [0, 0.05) is 6.04 Å². The Morgan fingerprint density at radius 3 is 2.00 bits per heavy atom. The van der Waals surface area contributed by atoms with Gasteiger partial charge in [-0.2, -0.15) is 0 Å². The van der Waals surface area contributed by atoms with Crippen molar-refractivity contribution in [3.05, 3.63) is 0 Å². The van der Waals surface area contributed by atoms with Crippen molar-refractivity contribution in [3.8, 4) is 0 Å². The number of hydrogen-bond acceptors (Lipinski definition) is 3. The second-order valence-corrected chi connectivity index (χ2v) is 5.36. The highest BCUT2D eigenvalue weighted by molar-refractivity contribution is 4.89. The molecule has 0 saturated heterocycles. The van der Waals surface area contributed by atoms with E-state index in [1.807, 2.05) is 5.01 Å². The molecule has 2 fully saturated rings. The molecule has 15 heavy (non-hydrogen) atoms. The van der Waals surface area contributed by atoms with E-state index in [2.05, 4.69) is 0 Å². The van der Waals surface area contributed by atoms with Gasteiger partial charge in [-0.25, -0.2) is 5.01 Å². The third kappa shape index (κ3) is 2.52. The minimum Gasteiger partial charge on any atom is -0.312 e. The van der Waals surface area contributed by atoms with Gasteiger partial charge in [0.25, 0.3) is 0 Å². The monoisotopic (exact) mass is 211 g/mol. The lowest BCUT2D eigenvalue weighted by molar-refractivity contribution is 0.00176. The molecule has 2 saturated carbocycles. The van der Waals surface area contributed by atoms with Crippen molar-refractivity contribution in [2.75, 3.05) is 0 Å². The van der Waals surface area contributed by atoms with Gasteiger partial charge < -0.3 is 5.73 Å². The van der Waals surface area contributed by atoms with Crippen LogP contribution >= 0.6 is 0 Å². The number of hydrazine groups is 1. The minimum absolute atomic E-state index is 0.194. The van der Waals surface area contributed by atoms with Crippen LogP contribution in [-0.2, 0) is 0 Å². The van der Waals surface area contributed by atoms with Crippen LogP contribution in [0.5, 0.6) is 0 Å². The topological polar surface area (TPSA) is 55.3 Å². The molecule has 0 radical (unpaired) electrons. The summed E-state index contributed by atoms with van der Waals surface area (Å²) in [5.41, 5.74) is 6.24. The average molecular weight is 211 g/mol. The Morgan fingerprint density at radius 1 is 0.867 bits per heavy atom. The Morgan fingerprint density at radius 2 is 1.40 bits per heavy atom. The van der Waals surface area contributed by atoms with Gasteiger partial charge in [-0.3, -0.25) is 5.84 Å². The van der Waals surface area contributed by atoms with Crippen molar-refractivity contribution in [1.82, 2.24) is 5.01 Å². The molecule has 88 valence electrons. The molecule has 0 aliphatic heterocycles. The van der Waals surface area contributed by atoms with Gasteiger partial charge in [0.2, 0.25) is 0 Å². The number of nitrogens with two attached hydrogens (primary N) is 2. The van der Waals surface area contributed by atoms with Crippen LogP contribution in [0.1, 0.15) is 64.2 Å². The third-order valence-electron chi connectivity index (χ3n) is 4.20. The van der Waals surface area contributed by atoms with Crippen molar-refractivity contribution >= 4 is 0 Å². The Hall–Kier alpha value is -0.120. The predicted molar refractivity (Wildman–Crippen MR) is 62.9 cm³/mol. The van der Waals surface area contributed by atoms with Crippen LogP contribution in [0.3, 0.4) is 0 Å². The Bertz CT molecular complexity index is 193. The molecule has 4 N–H and O–H groups in total. The first kappa shape index (κ1) is 11.4. The van der Waals surface area contributed by atoms with Gasteiger partial charge in [0.05, 0.1) is 5.66 Å². The zero-order valence-corrected chi connectivity index (χ0v) is 9.75. The lowest BCUT2D eigenvalue weighted by Gasteiger charge is -2.45. The van der Waals surface area contributed by atoms with Crippen LogP contribution in [0.25, 0.3) is 0 Å². The predicted octanol–water partition coefficient (Wildman–Crippen LogP) is 2.11. The van der Waals surface area contributed by atoms with E-state index in [1.165, 1.54) is 51.4 Å². The molecule has 0 bridgehead atoms. The molecule has 0 aromatic heterocycles. The van der Waals surface area contributed by atoms with Crippen LogP contribution in [0, 0.1) is 0 Å². The quantitative estimate of drug-likeness (QED) is 0.418.